The Kier molecular flexibility index (Phi) is 29.2. The Bertz CT molecular complexity index is 388. The molecule has 0 fully saturated rings. The van der Waals surface area contributed by atoms with Crippen molar-refractivity contribution in [2.24, 2.45) is 0 Å². The molecule has 0 radical (unpaired) electrons. The van der Waals surface area contributed by atoms with Crippen molar-refractivity contribution in [3.8, 4) is 11.5 Å². The van der Waals surface area contributed by atoms with Crippen LogP contribution in [0, 0.1) is 0 Å². The molecule has 2 N–H and O–H groups in total. The third-order valence-corrected chi connectivity index (χ3v) is 2.34. The predicted molar refractivity (Wildman–Crippen MR) is 95.2 cm³/mol. The van der Waals surface area contributed by atoms with Gasteiger partial charge in [-0.3, -0.25) is 0 Å². The van der Waals surface area contributed by atoms with Gasteiger partial charge in [-0.2, -0.15) is 0 Å². The second-order valence-electron chi connectivity index (χ2n) is 2.90. The van der Waals surface area contributed by atoms with E-state index in [0.29, 0.717) is 10.0 Å². The molecule has 0 unspecified atom stereocenters. The quantitative estimate of drug-likeness (QED) is 0.411. The Labute approximate surface area is 173 Å². The van der Waals surface area contributed by atoms with Gasteiger partial charge < -0.3 is 10.2 Å². The van der Waals surface area contributed by atoms with Crippen LogP contribution in [0.5, 0.6) is 11.5 Å². The average Bonchev–Trinajstić information content (AvgIpc) is 2.28. The zero-order valence-electron chi connectivity index (χ0n) is 10.3. The van der Waals surface area contributed by atoms with Crippen LogP contribution in [0.1, 0.15) is 0 Å². The molecule has 2 nitrogen and oxygen atoms in total. The minimum atomic E-state index is 0. The van der Waals surface area contributed by atoms with Gasteiger partial charge in [0.15, 0.2) is 0 Å². The molecule has 21 heavy (non-hydrogen) atoms. The molecule has 9 heteroatoms. The van der Waals surface area contributed by atoms with Crippen molar-refractivity contribution < 1.29 is 31.3 Å². The molecule has 0 heterocycles. The van der Waals surface area contributed by atoms with Crippen LogP contribution in [0.4, 0.5) is 0 Å². The van der Waals surface area contributed by atoms with Gasteiger partial charge in [-0.15, -0.1) is 49.6 Å². The fourth-order valence-electron chi connectivity index (χ4n) is 0.903. The van der Waals surface area contributed by atoms with E-state index in [1.165, 1.54) is 0 Å². The van der Waals surface area contributed by atoms with Gasteiger partial charge in [0.2, 0.25) is 0 Å². The first kappa shape index (κ1) is 33.2. The largest absolute Gasteiger partial charge is 0.506 e. The normalized spacial score (nSPS) is 6.95. The summed E-state index contributed by atoms with van der Waals surface area (Å²) < 4.78 is 0. The van der Waals surface area contributed by atoms with E-state index in [2.05, 4.69) is 0 Å². The zero-order valence-corrected chi connectivity index (χ0v) is 18.0. The van der Waals surface area contributed by atoms with Crippen LogP contribution in [0.2, 0.25) is 10.0 Å². The molecule has 0 amide bonds. The molecule has 0 bridgehead atoms. The topological polar surface area (TPSA) is 40.5 Å². The predicted octanol–water partition coefficient (Wildman–Crippen LogP) is 5.78. The molecule has 0 aromatic heterocycles. The van der Waals surface area contributed by atoms with Gasteiger partial charge in [0.1, 0.15) is 11.5 Å². The van der Waals surface area contributed by atoms with Gasteiger partial charge in [0.05, 0.1) is 10.0 Å². The molecule has 0 spiro atoms. The fraction of sp³-hybridized carbons (Fsp3) is 0. The molecule has 0 aliphatic heterocycles. The molecule has 0 saturated heterocycles. The van der Waals surface area contributed by atoms with Gasteiger partial charge in [-0.25, -0.2) is 0 Å². The van der Waals surface area contributed by atoms with Crippen molar-refractivity contribution in [2.75, 3.05) is 0 Å². The van der Waals surface area contributed by atoms with Crippen LogP contribution in [0.15, 0.2) is 48.5 Å². The SMILES string of the molecule is Cl.Cl.Cl.Cl.Oc1ccccc1Cl.Oc1ccccc1Cl.[W]. The molecule has 2 rings (SSSR count). The Morgan fingerprint density at radius 1 is 0.571 bits per heavy atom. The van der Waals surface area contributed by atoms with Crippen molar-refractivity contribution in [3.63, 3.8) is 0 Å². The second-order valence-corrected chi connectivity index (χ2v) is 3.72. The summed E-state index contributed by atoms with van der Waals surface area (Å²) in [6.07, 6.45) is 0. The maximum Gasteiger partial charge on any atom is 0.134 e. The Hall–Kier alpha value is 0.468. The summed E-state index contributed by atoms with van der Waals surface area (Å²) in [4.78, 5) is 0. The summed E-state index contributed by atoms with van der Waals surface area (Å²) >= 11 is 10.9. The standard InChI is InChI=1S/2C6H5ClO.4ClH.W/c2*7-5-3-1-2-4-6(5)8;;;;;/h2*1-4,8H;4*1H;. The van der Waals surface area contributed by atoms with E-state index in [1.807, 2.05) is 0 Å². The number of hydrogen-bond donors (Lipinski definition) is 2. The van der Waals surface area contributed by atoms with Crippen LogP contribution in [0.25, 0.3) is 0 Å². The number of halogens is 6. The van der Waals surface area contributed by atoms with Crippen LogP contribution in [-0.2, 0) is 21.1 Å². The number of aromatic hydroxyl groups is 2. The molecule has 2 aromatic rings. The van der Waals surface area contributed by atoms with E-state index in [0.717, 1.165) is 0 Å². The van der Waals surface area contributed by atoms with Crippen molar-refractivity contribution in [3.05, 3.63) is 58.6 Å². The van der Waals surface area contributed by atoms with Gasteiger partial charge in [-0.05, 0) is 24.3 Å². The summed E-state index contributed by atoms with van der Waals surface area (Å²) in [6, 6.07) is 13.3. The Balaban J connectivity index is -0.0000000656. The number of phenolic OH excluding ortho intramolecular Hbond substituents is 2. The number of rotatable bonds is 0. The number of para-hydroxylation sites is 2. The summed E-state index contributed by atoms with van der Waals surface area (Å²) in [5.41, 5.74) is 0. The second kappa shape index (κ2) is 18.5. The molecule has 0 aliphatic carbocycles. The molecule has 0 atom stereocenters. The monoisotopic (exact) mass is 584 g/mol. The Morgan fingerprint density at radius 3 is 0.952 bits per heavy atom. The summed E-state index contributed by atoms with van der Waals surface area (Å²) in [5.74, 6) is 0.267. The van der Waals surface area contributed by atoms with Crippen LogP contribution >= 0.6 is 72.8 Å². The van der Waals surface area contributed by atoms with Crippen molar-refractivity contribution in [1.29, 1.82) is 0 Å². The number of hydrogen-bond acceptors (Lipinski definition) is 2. The van der Waals surface area contributed by atoms with Gasteiger partial charge >= 0.3 is 0 Å². The first-order chi connectivity index (χ1) is 7.61. The molecule has 0 aliphatic rings. The van der Waals surface area contributed by atoms with E-state index in [-0.39, 0.29) is 82.2 Å². The number of benzene rings is 2. The van der Waals surface area contributed by atoms with E-state index in [1.54, 1.807) is 48.5 Å². The summed E-state index contributed by atoms with van der Waals surface area (Å²) in [7, 11) is 0. The molecular weight excluding hydrogens is 573 g/mol. The van der Waals surface area contributed by atoms with Gasteiger partial charge in [0.25, 0.3) is 0 Å². The van der Waals surface area contributed by atoms with Gasteiger partial charge in [0, 0.05) is 21.1 Å². The first-order valence-electron chi connectivity index (χ1n) is 4.48. The first-order valence-corrected chi connectivity index (χ1v) is 5.24. The molecular formula is C12H14Cl6O2W. The summed E-state index contributed by atoms with van der Waals surface area (Å²) in [5, 5.41) is 18.4. The van der Waals surface area contributed by atoms with Crippen LogP contribution in [-0.4, -0.2) is 10.2 Å². The maximum absolute atomic E-state index is 8.79. The third kappa shape index (κ3) is 13.8. The van der Waals surface area contributed by atoms with E-state index < -0.39 is 0 Å². The van der Waals surface area contributed by atoms with Crippen molar-refractivity contribution in [1.82, 2.24) is 0 Å². The van der Waals surface area contributed by atoms with Crippen molar-refractivity contribution in [2.45, 2.75) is 0 Å². The molecule has 2 aromatic carbocycles. The average molecular weight is 587 g/mol. The van der Waals surface area contributed by atoms with E-state index in [9.17, 15) is 0 Å². The minimum Gasteiger partial charge on any atom is -0.506 e. The van der Waals surface area contributed by atoms with Crippen LogP contribution in [0.3, 0.4) is 0 Å². The fourth-order valence-corrected chi connectivity index (χ4v) is 1.17. The minimum absolute atomic E-state index is 0. The summed E-state index contributed by atoms with van der Waals surface area (Å²) in [6.45, 7) is 0. The third-order valence-electron chi connectivity index (χ3n) is 1.70. The molecule has 0 saturated carbocycles. The molecule has 122 valence electrons. The van der Waals surface area contributed by atoms with Gasteiger partial charge in [-0.1, -0.05) is 47.5 Å². The van der Waals surface area contributed by atoms with E-state index >= 15 is 0 Å². The van der Waals surface area contributed by atoms with E-state index in [4.69, 9.17) is 33.4 Å². The van der Waals surface area contributed by atoms with Crippen LogP contribution < -0.4 is 0 Å². The smallest absolute Gasteiger partial charge is 0.134 e. The number of phenols is 2. The zero-order chi connectivity index (χ0) is 12.0. The van der Waals surface area contributed by atoms with Crippen molar-refractivity contribution >= 4 is 72.8 Å². The maximum atomic E-state index is 8.79. The Morgan fingerprint density at radius 2 is 0.810 bits per heavy atom.